The molecule has 14 aromatic heterocycles. The van der Waals surface area contributed by atoms with E-state index in [2.05, 4.69) is 114 Å². The van der Waals surface area contributed by atoms with Gasteiger partial charge < -0.3 is 34.6 Å². The molecule has 0 radical (unpaired) electrons. The Balaban J connectivity index is 0.000000135. The van der Waals surface area contributed by atoms with Gasteiger partial charge >= 0.3 is 0 Å². The van der Waals surface area contributed by atoms with E-state index in [1.54, 1.807) is 104 Å². The number of benzene rings is 3. The molecule has 0 atom stereocenters. The first-order valence-corrected chi connectivity index (χ1v) is 39.5. The van der Waals surface area contributed by atoms with Crippen molar-refractivity contribution in [2.24, 2.45) is 13.0 Å². The summed E-state index contributed by atoms with van der Waals surface area (Å²) in [4.78, 5) is 111. The van der Waals surface area contributed by atoms with Crippen molar-refractivity contribution in [2.45, 2.75) is 81.8 Å². The summed E-state index contributed by atoms with van der Waals surface area (Å²) >= 11 is 0. The van der Waals surface area contributed by atoms with Crippen LogP contribution in [0.15, 0.2) is 251 Å². The Labute approximate surface area is 707 Å². The van der Waals surface area contributed by atoms with Crippen molar-refractivity contribution in [3.05, 3.63) is 301 Å². The fraction of sp³-hybridized carbons (Fsp3) is 0.143. The summed E-state index contributed by atoms with van der Waals surface area (Å²) in [5.74, 6) is 0.154. The average molecular weight is 1640 g/mol. The Kier molecular flexibility index (Phi) is 28.7. The summed E-state index contributed by atoms with van der Waals surface area (Å²) in [6.07, 6.45) is 48.4. The Hall–Kier alpha value is -15.7. The molecule has 0 saturated heterocycles. The van der Waals surface area contributed by atoms with E-state index in [4.69, 9.17) is 4.74 Å². The molecule has 0 amide bonds. The van der Waals surface area contributed by atoms with Gasteiger partial charge in [-0.15, -0.1) is 0 Å². The number of allylic oxidation sites excluding steroid dienone is 6. The molecule has 23 nitrogen and oxygen atoms in total. The van der Waals surface area contributed by atoms with Crippen LogP contribution in [-0.4, -0.2) is 120 Å². The summed E-state index contributed by atoms with van der Waals surface area (Å²) < 4.78 is 36.1. The Morgan fingerprint density at radius 2 is 0.772 bits per heavy atom. The zero-order chi connectivity index (χ0) is 87.2. The lowest BCUT2D eigenvalue weighted by atomic mass is 10.0. The van der Waals surface area contributed by atoms with Crippen molar-refractivity contribution in [3.63, 3.8) is 0 Å². The number of pyridine rings is 6. The van der Waals surface area contributed by atoms with Gasteiger partial charge in [-0.05, 0) is 218 Å². The van der Waals surface area contributed by atoms with Gasteiger partial charge in [0.15, 0.2) is 34.7 Å². The summed E-state index contributed by atoms with van der Waals surface area (Å²) in [5, 5.41) is 14.6. The fourth-order valence-corrected chi connectivity index (χ4v) is 12.9. The zero-order valence-electron chi connectivity index (χ0n) is 69.6. The van der Waals surface area contributed by atoms with E-state index in [1.165, 1.54) is 57.7 Å². The van der Waals surface area contributed by atoms with Crippen LogP contribution in [0.4, 0.5) is 8.78 Å². The van der Waals surface area contributed by atoms with Gasteiger partial charge in [-0.3, -0.25) is 33.4 Å². The van der Waals surface area contributed by atoms with E-state index in [1.807, 2.05) is 166 Å². The SMILES string of the molecule is CC(=O)/C=C/c1c[nH]c2ncc(-c3ccc(F)cc3F)cc12.CC(=O)/C=C/c1c[nH]c2ncc(-c3ccccc3)cc12.CC(=O)/C=C/c1c[nH]c2ncc(-c3ccn(-c4ccccc4)n3)cc12.CC(=O)/C=C/c1c[nH]c2ncc(-c3cnn(C)c3)cc12.CC(=O)/C=C/c1c[nH]c2ncc(CC(C)C)cc12.CC(=O)/C=C/c1c[nH]c2ncc(OC(C)C)cc12. The maximum Gasteiger partial charge on any atom is 0.152 e. The van der Waals surface area contributed by atoms with E-state index in [0.29, 0.717) is 17.1 Å². The third-order valence-electron chi connectivity index (χ3n) is 18.7. The van der Waals surface area contributed by atoms with Gasteiger partial charge in [0.1, 0.15) is 51.3 Å². The van der Waals surface area contributed by atoms with Crippen LogP contribution in [0.3, 0.4) is 0 Å². The normalized spacial score (nSPS) is 11.5. The van der Waals surface area contributed by atoms with Crippen molar-refractivity contribution in [2.75, 3.05) is 0 Å². The number of carbonyl (C=O) groups is 6. The Morgan fingerprint density at radius 1 is 0.398 bits per heavy atom. The van der Waals surface area contributed by atoms with Crippen LogP contribution in [0.25, 0.3) is 153 Å². The van der Waals surface area contributed by atoms with Crippen LogP contribution in [0, 0.1) is 17.6 Å². The molecule has 0 unspecified atom stereocenters. The second-order valence-electron chi connectivity index (χ2n) is 29.6. The Bertz CT molecular complexity index is 6750. The molecule has 6 N–H and O–H groups in total. The lowest BCUT2D eigenvalue weighted by Crippen LogP contribution is -2.05. The predicted molar refractivity (Wildman–Crippen MR) is 485 cm³/mol. The van der Waals surface area contributed by atoms with E-state index in [0.717, 1.165) is 151 Å². The van der Waals surface area contributed by atoms with Crippen LogP contribution in [-0.2, 0) is 42.2 Å². The van der Waals surface area contributed by atoms with Crippen molar-refractivity contribution < 1.29 is 42.3 Å². The molecule has 0 aliphatic rings. The number of hydrogen-bond donors (Lipinski definition) is 6. The maximum atomic E-state index is 13.9. The molecular formula is C98H90F2N16O7. The van der Waals surface area contributed by atoms with Crippen LogP contribution in [0.1, 0.15) is 108 Å². The first-order chi connectivity index (χ1) is 59.2. The minimum atomic E-state index is -0.641. The third kappa shape index (κ3) is 23.6. The highest BCUT2D eigenvalue weighted by atomic mass is 19.1. The number of para-hydroxylation sites is 1. The minimum Gasteiger partial charge on any atom is -0.489 e. The quantitative estimate of drug-likeness (QED) is 0.0364. The van der Waals surface area contributed by atoms with Crippen LogP contribution in [0.2, 0.25) is 0 Å². The van der Waals surface area contributed by atoms with Crippen molar-refractivity contribution in [1.29, 1.82) is 0 Å². The molecule has 17 aromatic rings. The number of nitrogens with one attached hydrogen (secondary N) is 6. The van der Waals surface area contributed by atoms with Crippen molar-refractivity contribution in [3.8, 4) is 56.1 Å². The van der Waals surface area contributed by atoms with Gasteiger partial charge in [-0.2, -0.15) is 10.2 Å². The topological polar surface area (TPSA) is 319 Å². The smallest absolute Gasteiger partial charge is 0.152 e. The summed E-state index contributed by atoms with van der Waals surface area (Å²) in [5.41, 5.74) is 19.3. The highest BCUT2D eigenvalue weighted by molar-refractivity contribution is 6.01. The van der Waals surface area contributed by atoms with E-state index < -0.39 is 11.6 Å². The Morgan fingerprint density at radius 3 is 1.18 bits per heavy atom. The molecule has 618 valence electrons. The molecule has 14 heterocycles. The van der Waals surface area contributed by atoms with Gasteiger partial charge in [0.25, 0.3) is 0 Å². The molecule has 25 heteroatoms. The monoisotopic (exact) mass is 1640 g/mol. The number of aromatic nitrogens is 16. The highest BCUT2D eigenvalue weighted by Gasteiger charge is 2.15. The molecule has 0 bridgehead atoms. The number of H-pyrrole nitrogens is 6. The second kappa shape index (κ2) is 40.7. The summed E-state index contributed by atoms with van der Waals surface area (Å²) in [7, 11) is 1.88. The molecular weight excluding hydrogens is 1550 g/mol. The zero-order valence-corrected chi connectivity index (χ0v) is 69.6. The molecule has 0 fully saturated rings. The second-order valence-corrected chi connectivity index (χ2v) is 29.6. The number of fused-ring (bicyclic) bond motifs is 6. The van der Waals surface area contributed by atoms with Crippen molar-refractivity contribution in [1.82, 2.24) is 79.4 Å². The van der Waals surface area contributed by atoms with Gasteiger partial charge in [0, 0.05) is 193 Å². The van der Waals surface area contributed by atoms with Crippen LogP contribution in [0.5, 0.6) is 5.75 Å². The number of rotatable bonds is 21. The molecule has 0 aliphatic heterocycles. The summed E-state index contributed by atoms with van der Waals surface area (Å²) in [6, 6.07) is 37.5. The lowest BCUT2D eigenvalue weighted by molar-refractivity contribution is -0.113. The first-order valence-electron chi connectivity index (χ1n) is 39.5. The number of aryl methyl sites for hydroxylation is 1. The fourth-order valence-electron chi connectivity index (χ4n) is 12.9. The largest absolute Gasteiger partial charge is 0.489 e. The minimum absolute atomic E-state index is 0.0140. The molecule has 0 aliphatic carbocycles. The van der Waals surface area contributed by atoms with Crippen LogP contribution < -0.4 is 4.74 Å². The van der Waals surface area contributed by atoms with Gasteiger partial charge in [0.2, 0.25) is 0 Å². The summed E-state index contributed by atoms with van der Waals surface area (Å²) in [6.45, 7) is 17.5. The number of hydrogen-bond acceptors (Lipinski definition) is 15. The van der Waals surface area contributed by atoms with E-state index >= 15 is 0 Å². The number of carbonyl (C=O) groups excluding carboxylic acids is 6. The first kappa shape index (κ1) is 86.7. The van der Waals surface area contributed by atoms with Gasteiger partial charge in [0.05, 0.1) is 29.9 Å². The van der Waals surface area contributed by atoms with Gasteiger partial charge in [-0.1, -0.05) is 62.4 Å². The van der Waals surface area contributed by atoms with Crippen LogP contribution >= 0.6 is 0 Å². The van der Waals surface area contributed by atoms with Gasteiger partial charge in [-0.25, -0.2) is 43.4 Å². The number of ether oxygens (including phenoxy) is 1. The number of nitrogens with zero attached hydrogens (tertiary/aromatic N) is 10. The number of halogens is 2. The highest BCUT2D eigenvalue weighted by Crippen LogP contribution is 2.32. The molecule has 0 spiro atoms. The number of aromatic amines is 6. The molecule has 0 saturated carbocycles. The maximum absolute atomic E-state index is 13.9. The van der Waals surface area contributed by atoms with E-state index in [9.17, 15) is 37.5 Å². The molecule has 17 rings (SSSR count). The lowest BCUT2D eigenvalue weighted by Gasteiger charge is -2.08. The van der Waals surface area contributed by atoms with Crippen molar-refractivity contribution >= 4 is 137 Å². The average Bonchev–Trinajstić information content (AvgIpc) is 1.75. The standard InChI is InChI=1S/C20H16N4O.C17H12F2N2O.C17H14N2O.C15H14N4O.C15H18N2O.C14H16N2O2/c1-14(25)7-8-15-12-21-20-18(15)11-16(13-22-20)19-9-10-24(23-19)17-5-3-2-4-6-17;1-10(22)2-3-11-8-20-17-15(11)6-12(9-21-17)14-5-4-13(18)7-16(14)19;1-12(20)7-8-14-10-18-17-16(14)9-15(11-19-17)13-5-3-2-4-6-13;1-10(20)3-4-11-6-16-15-14(11)5-12(7-17-15)13-8-18-19(2)9-13;1-10(2)6-12-7-14-13(5-4-11(3)18)9-17-15(14)16-8-12;1-9(2)18-12-6-13-11(5-4-10(3)17)7-15-14(13)16-8-12/h2-13H,1H3,(H,21,22);2-9H,1H3,(H,20,21);2-11H,1H3,(H,18,19);3-9H,1-2H3,(H,16,17);4-5,7-10H,6H2,1-3H3,(H,16,17);4-9H,1-3H3,(H,15,16)/b8-7+;3-2+;8-7+;4-3+;2*5-4+. The van der Waals surface area contributed by atoms with E-state index in [-0.39, 0.29) is 46.4 Å². The third-order valence-corrected chi connectivity index (χ3v) is 18.7. The number of ketones is 6. The molecule has 3 aromatic carbocycles. The molecule has 123 heavy (non-hydrogen) atoms. The predicted octanol–water partition coefficient (Wildman–Crippen LogP) is 20.8.